The van der Waals surface area contributed by atoms with Crippen molar-refractivity contribution in [2.75, 3.05) is 58.9 Å². The van der Waals surface area contributed by atoms with Crippen molar-refractivity contribution in [1.82, 2.24) is 10.2 Å². The van der Waals surface area contributed by atoms with E-state index in [2.05, 4.69) is 29.4 Å². The lowest BCUT2D eigenvalue weighted by Gasteiger charge is -2.18. The van der Waals surface area contributed by atoms with Gasteiger partial charge in [0, 0.05) is 26.3 Å². The molecule has 8 nitrogen and oxygen atoms in total. The van der Waals surface area contributed by atoms with E-state index in [0.717, 1.165) is 19.6 Å². The largest absolute Gasteiger partial charge is 0.496 e. The minimum absolute atomic E-state index is 0.115. The van der Waals surface area contributed by atoms with E-state index in [1.54, 1.807) is 0 Å². The SMILES string of the molecule is CCN(CC)CCNC(=O)c1cc(Cl)c(NC(=O)OCCOC)cc1OC. The number of ether oxygens (including phenoxy) is 3. The maximum absolute atomic E-state index is 12.4. The van der Waals surface area contributed by atoms with Crippen LogP contribution in [-0.2, 0) is 9.47 Å². The molecule has 0 atom stereocenters. The van der Waals surface area contributed by atoms with Crippen molar-refractivity contribution in [1.29, 1.82) is 0 Å². The normalized spacial score (nSPS) is 10.6. The molecule has 0 spiro atoms. The van der Waals surface area contributed by atoms with Crippen molar-refractivity contribution in [3.8, 4) is 5.75 Å². The molecule has 1 aromatic carbocycles. The second-order valence-corrected chi connectivity index (χ2v) is 5.98. The zero-order chi connectivity index (χ0) is 20.2. The van der Waals surface area contributed by atoms with Gasteiger partial charge in [0.15, 0.2) is 0 Å². The summed E-state index contributed by atoms with van der Waals surface area (Å²) in [6.07, 6.45) is -0.674. The van der Waals surface area contributed by atoms with E-state index in [1.165, 1.54) is 26.4 Å². The molecule has 2 amide bonds. The quantitative estimate of drug-likeness (QED) is 0.554. The molecule has 1 aromatic rings. The van der Waals surface area contributed by atoms with Gasteiger partial charge in [0.05, 0.1) is 30.0 Å². The average molecular weight is 402 g/mol. The highest BCUT2D eigenvalue weighted by Gasteiger charge is 2.17. The smallest absolute Gasteiger partial charge is 0.411 e. The summed E-state index contributed by atoms with van der Waals surface area (Å²) >= 11 is 6.20. The summed E-state index contributed by atoms with van der Waals surface area (Å²) in [6.45, 7) is 7.64. The molecule has 0 aliphatic carbocycles. The number of anilines is 1. The summed E-state index contributed by atoms with van der Waals surface area (Å²) in [5, 5.41) is 5.57. The van der Waals surface area contributed by atoms with Gasteiger partial charge in [-0.15, -0.1) is 0 Å². The molecule has 27 heavy (non-hydrogen) atoms. The maximum Gasteiger partial charge on any atom is 0.411 e. The van der Waals surface area contributed by atoms with Gasteiger partial charge in [-0.25, -0.2) is 4.79 Å². The van der Waals surface area contributed by atoms with Crippen LogP contribution in [-0.4, -0.2) is 70.5 Å². The van der Waals surface area contributed by atoms with Crippen LogP contribution in [0.4, 0.5) is 10.5 Å². The van der Waals surface area contributed by atoms with Gasteiger partial charge < -0.3 is 24.4 Å². The van der Waals surface area contributed by atoms with E-state index in [-0.39, 0.29) is 29.8 Å². The van der Waals surface area contributed by atoms with E-state index in [4.69, 9.17) is 25.8 Å². The lowest BCUT2D eigenvalue weighted by Crippen LogP contribution is -2.34. The number of halogens is 1. The fourth-order valence-electron chi connectivity index (χ4n) is 2.32. The van der Waals surface area contributed by atoms with Gasteiger partial charge in [0.2, 0.25) is 0 Å². The van der Waals surface area contributed by atoms with Crippen LogP contribution in [0.25, 0.3) is 0 Å². The van der Waals surface area contributed by atoms with Gasteiger partial charge in [-0.05, 0) is 19.2 Å². The first-order chi connectivity index (χ1) is 13.0. The fraction of sp³-hybridized carbons (Fsp3) is 0.556. The summed E-state index contributed by atoms with van der Waals surface area (Å²) in [6, 6.07) is 2.94. The monoisotopic (exact) mass is 401 g/mol. The molecule has 152 valence electrons. The van der Waals surface area contributed by atoms with Crippen molar-refractivity contribution < 1.29 is 23.8 Å². The van der Waals surface area contributed by atoms with Crippen LogP contribution < -0.4 is 15.4 Å². The Morgan fingerprint density at radius 3 is 2.44 bits per heavy atom. The third-order valence-corrected chi connectivity index (χ3v) is 4.21. The van der Waals surface area contributed by atoms with Crippen LogP contribution in [0.3, 0.4) is 0 Å². The van der Waals surface area contributed by atoms with Crippen molar-refractivity contribution >= 4 is 29.3 Å². The summed E-state index contributed by atoms with van der Waals surface area (Å²) in [4.78, 5) is 26.4. The van der Waals surface area contributed by atoms with Crippen molar-refractivity contribution in [3.05, 3.63) is 22.7 Å². The minimum Gasteiger partial charge on any atom is -0.496 e. The molecule has 0 aliphatic heterocycles. The summed E-state index contributed by atoms with van der Waals surface area (Å²) < 4.78 is 15.0. The highest BCUT2D eigenvalue weighted by molar-refractivity contribution is 6.34. The standard InChI is InChI=1S/C18H28ClN3O5/c1-5-22(6-2)8-7-20-17(23)13-11-14(19)15(12-16(13)26-4)21-18(24)27-10-9-25-3/h11-12H,5-10H2,1-4H3,(H,20,23)(H,21,24). The number of nitrogens with zero attached hydrogens (tertiary/aromatic N) is 1. The predicted molar refractivity (Wildman–Crippen MR) is 105 cm³/mol. The Hall–Kier alpha value is -2.03. The first kappa shape index (κ1) is 23.0. The second kappa shape index (κ2) is 12.4. The molecule has 0 heterocycles. The first-order valence-electron chi connectivity index (χ1n) is 8.77. The molecular weight excluding hydrogens is 374 g/mol. The molecule has 1 rings (SSSR count). The molecule has 9 heteroatoms. The lowest BCUT2D eigenvalue weighted by molar-refractivity contribution is 0.0946. The zero-order valence-electron chi connectivity index (χ0n) is 16.3. The van der Waals surface area contributed by atoms with E-state index < -0.39 is 6.09 Å². The number of likely N-dealkylation sites (N-methyl/N-ethyl adjacent to an activating group) is 1. The number of hydrogen-bond acceptors (Lipinski definition) is 6. The van der Waals surface area contributed by atoms with Gasteiger partial charge in [-0.2, -0.15) is 0 Å². The molecule has 0 saturated heterocycles. The Balaban J connectivity index is 2.77. The molecule has 0 unspecified atom stereocenters. The number of methoxy groups -OCH3 is 2. The summed E-state index contributed by atoms with van der Waals surface area (Å²) in [5.41, 5.74) is 0.580. The minimum atomic E-state index is -0.674. The summed E-state index contributed by atoms with van der Waals surface area (Å²) in [7, 11) is 2.95. The molecule has 0 aliphatic rings. The van der Waals surface area contributed by atoms with Gasteiger partial charge in [0.25, 0.3) is 5.91 Å². The molecule has 0 aromatic heterocycles. The third-order valence-electron chi connectivity index (χ3n) is 3.90. The number of carbonyl (C=O) groups excluding carboxylic acids is 2. The fourth-order valence-corrected chi connectivity index (χ4v) is 2.53. The van der Waals surface area contributed by atoms with Crippen LogP contribution in [0.15, 0.2) is 12.1 Å². The third kappa shape index (κ3) is 7.62. The van der Waals surface area contributed by atoms with E-state index in [1.807, 2.05) is 0 Å². The van der Waals surface area contributed by atoms with Crippen molar-refractivity contribution in [3.63, 3.8) is 0 Å². The van der Waals surface area contributed by atoms with Crippen LogP contribution >= 0.6 is 11.6 Å². The van der Waals surface area contributed by atoms with E-state index in [9.17, 15) is 9.59 Å². The predicted octanol–water partition coefficient (Wildman–Crippen LogP) is 2.62. The Morgan fingerprint density at radius 2 is 1.85 bits per heavy atom. The molecule has 0 fully saturated rings. The molecule has 0 bridgehead atoms. The highest BCUT2D eigenvalue weighted by atomic mass is 35.5. The number of benzene rings is 1. The highest BCUT2D eigenvalue weighted by Crippen LogP contribution is 2.31. The molecular formula is C18H28ClN3O5. The Morgan fingerprint density at radius 1 is 1.15 bits per heavy atom. The number of carbonyl (C=O) groups is 2. The molecule has 0 radical (unpaired) electrons. The van der Waals surface area contributed by atoms with Gasteiger partial charge in [0.1, 0.15) is 12.4 Å². The molecule has 0 saturated carbocycles. The summed E-state index contributed by atoms with van der Waals surface area (Å²) in [5.74, 6) is 0.00191. The van der Waals surface area contributed by atoms with Crippen molar-refractivity contribution in [2.24, 2.45) is 0 Å². The van der Waals surface area contributed by atoms with Crippen LogP contribution in [0, 0.1) is 0 Å². The Labute approximate surface area is 165 Å². The van der Waals surface area contributed by atoms with Crippen molar-refractivity contribution in [2.45, 2.75) is 13.8 Å². The lowest BCUT2D eigenvalue weighted by atomic mass is 10.1. The van der Waals surface area contributed by atoms with Crippen LogP contribution in [0.5, 0.6) is 5.75 Å². The van der Waals surface area contributed by atoms with Crippen LogP contribution in [0.2, 0.25) is 5.02 Å². The van der Waals surface area contributed by atoms with Gasteiger partial charge >= 0.3 is 6.09 Å². The molecule has 2 N–H and O–H groups in total. The second-order valence-electron chi connectivity index (χ2n) is 5.57. The first-order valence-corrected chi connectivity index (χ1v) is 9.15. The average Bonchev–Trinajstić information content (AvgIpc) is 2.66. The number of hydrogen-bond donors (Lipinski definition) is 2. The number of amides is 2. The topological polar surface area (TPSA) is 89.1 Å². The van der Waals surface area contributed by atoms with Crippen LogP contribution in [0.1, 0.15) is 24.2 Å². The van der Waals surface area contributed by atoms with Gasteiger partial charge in [-0.1, -0.05) is 25.4 Å². The van der Waals surface area contributed by atoms with E-state index >= 15 is 0 Å². The zero-order valence-corrected chi connectivity index (χ0v) is 17.0. The van der Waals surface area contributed by atoms with E-state index in [0.29, 0.717) is 17.9 Å². The number of nitrogens with one attached hydrogen (secondary N) is 2. The Bertz CT molecular complexity index is 623. The Kier molecular flexibility index (Phi) is 10.5. The maximum atomic E-state index is 12.4. The van der Waals surface area contributed by atoms with Gasteiger partial charge in [-0.3, -0.25) is 10.1 Å². The number of rotatable bonds is 11.